The molecular weight excluding hydrogens is 242 g/mol. The van der Waals surface area contributed by atoms with Gasteiger partial charge in [-0.05, 0) is 27.3 Å². The fourth-order valence-corrected chi connectivity index (χ4v) is 3.11. The van der Waals surface area contributed by atoms with E-state index in [-0.39, 0.29) is 12.4 Å². The normalized spacial score (nSPS) is 21.1. The summed E-state index contributed by atoms with van der Waals surface area (Å²) in [5.74, 6) is 0. The monoisotopic (exact) mass is 261 g/mol. The van der Waals surface area contributed by atoms with E-state index in [0.717, 1.165) is 6.54 Å². The molecule has 1 aliphatic heterocycles. The molecule has 1 aromatic rings. The first-order valence-corrected chi connectivity index (χ1v) is 6.33. The first-order valence-electron chi connectivity index (χ1n) is 5.51. The zero-order valence-electron chi connectivity index (χ0n) is 10.1. The van der Waals surface area contributed by atoms with Crippen LogP contribution in [0.25, 0.3) is 0 Å². The summed E-state index contributed by atoms with van der Waals surface area (Å²) in [4.78, 5) is 8.42. The minimum Gasteiger partial charge on any atom is -0.316 e. The average Bonchev–Trinajstić information content (AvgIpc) is 2.75. The molecule has 92 valence electrons. The van der Waals surface area contributed by atoms with Crippen molar-refractivity contribution in [3.63, 3.8) is 0 Å². The van der Waals surface area contributed by atoms with Crippen LogP contribution in [0.1, 0.15) is 22.0 Å². The Morgan fingerprint density at radius 2 is 2.25 bits per heavy atom. The number of thiazole rings is 1. The highest BCUT2D eigenvalue weighted by molar-refractivity contribution is 7.11. The number of halogens is 1. The molecule has 1 aliphatic rings. The fourth-order valence-electron chi connectivity index (χ4n) is 2.14. The highest BCUT2D eigenvalue weighted by Gasteiger charge is 2.21. The summed E-state index contributed by atoms with van der Waals surface area (Å²) in [6, 6.07) is 0.680. The molecule has 1 unspecified atom stereocenters. The number of nitrogens with one attached hydrogen (secondary N) is 1. The second kappa shape index (κ2) is 5.96. The van der Waals surface area contributed by atoms with Crippen molar-refractivity contribution in [1.29, 1.82) is 0 Å². The second-order valence-corrected chi connectivity index (χ2v) is 5.54. The van der Waals surface area contributed by atoms with Crippen molar-refractivity contribution in [3.05, 3.63) is 15.6 Å². The van der Waals surface area contributed by atoms with Crippen LogP contribution in [0.2, 0.25) is 0 Å². The molecule has 0 spiro atoms. The number of likely N-dealkylation sites (N-methyl/N-ethyl adjacent to an activating group) is 1. The van der Waals surface area contributed by atoms with Gasteiger partial charge in [0.15, 0.2) is 0 Å². The molecule has 1 fully saturated rings. The Hall–Kier alpha value is -0.160. The van der Waals surface area contributed by atoms with Gasteiger partial charge in [0.2, 0.25) is 0 Å². The van der Waals surface area contributed by atoms with Crippen molar-refractivity contribution in [2.24, 2.45) is 0 Å². The number of rotatable bonds is 3. The van der Waals surface area contributed by atoms with Crippen LogP contribution >= 0.6 is 23.7 Å². The number of hydrogen-bond acceptors (Lipinski definition) is 4. The summed E-state index contributed by atoms with van der Waals surface area (Å²) in [7, 11) is 2.05. The molecule has 0 radical (unpaired) electrons. The first kappa shape index (κ1) is 13.9. The molecule has 16 heavy (non-hydrogen) atoms. The van der Waals surface area contributed by atoms with Crippen molar-refractivity contribution < 1.29 is 0 Å². The lowest BCUT2D eigenvalue weighted by Gasteiger charge is -2.14. The fraction of sp³-hybridized carbons (Fsp3) is 0.727. The maximum Gasteiger partial charge on any atom is 0.0900 e. The molecular formula is C11H20ClN3S. The van der Waals surface area contributed by atoms with E-state index in [1.807, 2.05) is 11.3 Å². The van der Waals surface area contributed by atoms with Gasteiger partial charge in [-0.3, -0.25) is 4.90 Å². The minimum atomic E-state index is 0. The van der Waals surface area contributed by atoms with E-state index in [0.29, 0.717) is 6.04 Å². The van der Waals surface area contributed by atoms with E-state index in [2.05, 4.69) is 36.1 Å². The molecule has 0 aromatic carbocycles. The Morgan fingerprint density at radius 3 is 2.75 bits per heavy atom. The SMILES string of the molecule is CNC1CCN(Cc2sc(C)nc2C)C1.Cl. The van der Waals surface area contributed by atoms with Crippen LogP contribution in [-0.4, -0.2) is 36.1 Å². The van der Waals surface area contributed by atoms with Gasteiger partial charge >= 0.3 is 0 Å². The van der Waals surface area contributed by atoms with Gasteiger partial charge in [-0.1, -0.05) is 0 Å². The third kappa shape index (κ3) is 3.17. The van der Waals surface area contributed by atoms with Crippen molar-refractivity contribution >= 4 is 23.7 Å². The maximum absolute atomic E-state index is 4.47. The van der Waals surface area contributed by atoms with Gasteiger partial charge in [-0.2, -0.15) is 0 Å². The Kier molecular flexibility index (Phi) is 5.18. The van der Waals surface area contributed by atoms with E-state index in [4.69, 9.17) is 0 Å². The highest BCUT2D eigenvalue weighted by Crippen LogP contribution is 2.21. The summed E-state index contributed by atoms with van der Waals surface area (Å²) in [5.41, 5.74) is 1.21. The van der Waals surface area contributed by atoms with E-state index >= 15 is 0 Å². The van der Waals surface area contributed by atoms with Crippen molar-refractivity contribution in [3.8, 4) is 0 Å². The van der Waals surface area contributed by atoms with Crippen molar-refractivity contribution in [1.82, 2.24) is 15.2 Å². The number of likely N-dealkylation sites (tertiary alicyclic amines) is 1. The molecule has 2 rings (SSSR count). The minimum absolute atomic E-state index is 0. The van der Waals surface area contributed by atoms with E-state index in [1.54, 1.807) is 0 Å². The lowest BCUT2D eigenvalue weighted by Crippen LogP contribution is -2.29. The standard InChI is InChI=1S/C11H19N3S.ClH/c1-8-11(15-9(2)13-8)7-14-5-4-10(6-14)12-3;/h10,12H,4-7H2,1-3H3;1H. The molecule has 0 saturated carbocycles. The van der Waals surface area contributed by atoms with Crippen LogP contribution in [0.3, 0.4) is 0 Å². The van der Waals surface area contributed by atoms with Crippen LogP contribution in [0, 0.1) is 13.8 Å². The highest BCUT2D eigenvalue weighted by atomic mass is 35.5. The summed E-state index contributed by atoms with van der Waals surface area (Å²) >= 11 is 1.84. The lowest BCUT2D eigenvalue weighted by molar-refractivity contribution is 0.324. The Labute approximate surface area is 108 Å². The van der Waals surface area contributed by atoms with Crippen LogP contribution < -0.4 is 5.32 Å². The smallest absolute Gasteiger partial charge is 0.0900 e. The molecule has 0 aliphatic carbocycles. The predicted molar refractivity (Wildman–Crippen MR) is 71.6 cm³/mol. The van der Waals surface area contributed by atoms with Crippen LogP contribution in [0.5, 0.6) is 0 Å². The Bertz CT molecular complexity index is 340. The molecule has 1 aromatic heterocycles. The zero-order chi connectivity index (χ0) is 10.8. The number of aryl methyl sites for hydroxylation is 2. The quantitative estimate of drug-likeness (QED) is 0.902. The van der Waals surface area contributed by atoms with Crippen LogP contribution in [0.4, 0.5) is 0 Å². The summed E-state index contributed by atoms with van der Waals surface area (Å²) in [5, 5.41) is 4.53. The zero-order valence-corrected chi connectivity index (χ0v) is 11.7. The molecule has 0 bridgehead atoms. The van der Waals surface area contributed by atoms with Crippen LogP contribution in [0.15, 0.2) is 0 Å². The maximum atomic E-state index is 4.47. The molecule has 1 atom stereocenters. The van der Waals surface area contributed by atoms with Crippen molar-refractivity contribution in [2.75, 3.05) is 20.1 Å². The van der Waals surface area contributed by atoms with Gasteiger partial charge in [-0.25, -0.2) is 4.98 Å². The summed E-state index contributed by atoms with van der Waals surface area (Å²) < 4.78 is 0. The molecule has 1 N–H and O–H groups in total. The molecule has 3 nitrogen and oxygen atoms in total. The number of nitrogens with zero attached hydrogens (tertiary/aromatic N) is 2. The van der Waals surface area contributed by atoms with Gasteiger partial charge in [-0.15, -0.1) is 23.7 Å². The largest absolute Gasteiger partial charge is 0.316 e. The van der Waals surface area contributed by atoms with Crippen molar-refractivity contribution in [2.45, 2.75) is 32.9 Å². The number of hydrogen-bond donors (Lipinski definition) is 1. The van der Waals surface area contributed by atoms with E-state index < -0.39 is 0 Å². The molecule has 1 saturated heterocycles. The van der Waals surface area contributed by atoms with Gasteiger partial charge in [0.1, 0.15) is 0 Å². The van der Waals surface area contributed by atoms with Gasteiger partial charge in [0.05, 0.1) is 10.7 Å². The Balaban J connectivity index is 0.00000128. The lowest BCUT2D eigenvalue weighted by atomic mass is 10.3. The van der Waals surface area contributed by atoms with Crippen LogP contribution in [-0.2, 0) is 6.54 Å². The van der Waals surface area contributed by atoms with Gasteiger partial charge in [0, 0.05) is 30.6 Å². The predicted octanol–water partition coefficient (Wildman–Crippen LogP) is 1.98. The third-order valence-electron chi connectivity index (χ3n) is 3.05. The second-order valence-electron chi connectivity index (χ2n) is 4.25. The summed E-state index contributed by atoms with van der Waals surface area (Å²) in [6.45, 7) is 7.66. The topological polar surface area (TPSA) is 28.2 Å². The summed E-state index contributed by atoms with van der Waals surface area (Å²) in [6.07, 6.45) is 1.27. The average molecular weight is 262 g/mol. The molecule has 0 amide bonds. The van der Waals surface area contributed by atoms with E-state index in [1.165, 1.54) is 35.1 Å². The number of aromatic nitrogens is 1. The van der Waals surface area contributed by atoms with E-state index in [9.17, 15) is 0 Å². The van der Waals surface area contributed by atoms with Gasteiger partial charge in [0.25, 0.3) is 0 Å². The first-order chi connectivity index (χ1) is 7.19. The third-order valence-corrected chi connectivity index (χ3v) is 4.11. The Morgan fingerprint density at radius 1 is 1.50 bits per heavy atom. The molecule has 2 heterocycles. The molecule has 5 heteroatoms. The van der Waals surface area contributed by atoms with Gasteiger partial charge < -0.3 is 5.32 Å².